The number of nitrogens with zero attached hydrogens (tertiary/aromatic N) is 4. The molecule has 0 spiro atoms. The average molecular weight is 522 g/mol. The van der Waals surface area contributed by atoms with Gasteiger partial charge >= 0.3 is 0 Å². The highest BCUT2D eigenvalue weighted by Crippen LogP contribution is 2.31. The third-order valence-corrected chi connectivity index (χ3v) is 7.14. The second kappa shape index (κ2) is 10.4. The summed E-state index contributed by atoms with van der Waals surface area (Å²) < 4.78 is 44.1. The van der Waals surface area contributed by atoms with Gasteiger partial charge in [0.15, 0.2) is 17.3 Å². The topological polar surface area (TPSA) is 90.7 Å². The number of nitrogens with one attached hydrogen (secondary N) is 1. The van der Waals surface area contributed by atoms with Gasteiger partial charge in [0, 0.05) is 25.7 Å². The summed E-state index contributed by atoms with van der Waals surface area (Å²) in [7, 11) is 1.88. The Labute approximate surface area is 214 Å². The number of aliphatic hydroxyl groups excluding tert-OH is 1. The minimum absolute atomic E-state index is 0.00932. The molecule has 1 aromatic heterocycles. The molecular weight excluding hydrogens is 487 g/mol. The molecule has 37 heavy (non-hydrogen) atoms. The SMILES string of the molecule is CN1CCCn2c(-c3cc(F)c(F)cc3F)nc(C(=O)NC(C(=O)N3CCCC3CO)C(C)(C)C)c2C1. The number of aromatic nitrogens is 2. The van der Waals surface area contributed by atoms with Crippen LogP contribution in [-0.4, -0.2) is 75.1 Å². The van der Waals surface area contributed by atoms with Gasteiger partial charge in [-0.2, -0.15) is 0 Å². The molecule has 11 heteroatoms. The number of imidazole rings is 1. The van der Waals surface area contributed by atoms with Crippen molar-refractivity contribution in [3.8, 4) is 11.4 Å². The van der Waals surface area contributed by atoms with E-state index in [1.54, 1.807) is 9.47 Å². The van der Waals surface area contributed by atoms with Crippen molar-refractivity contribution >= 4 is 11.8 Å². The number of carbonyl (C=O) groups is 2. The molecule has 1 fully saturated rings. The second-order valence-electron chi connectivity index (χ2n) is 11.0. The lowest BCUT2D eigenvalue weighted by Crippen LogP contribution is -2.56. The van der Waals surface area contributed by atoms with Gasteiger partial charge in [-0.3, -0.25) is 9.59 Å². The Morgan fingerprint density at radius 1 is 1.11 bits per heavy atom. The minimum atomic E-state index is -1.31. The van der Waals surface area contributed by atoms with Crippen molar-refractivity contribution < 1.29 is 27.9 Å². The molecule has 2 unspecified atom stereocenters. The highest BCUT2D eigenvalue weighted by Gasteiger charge is 2.40. The van der Waals surface area contributed by atoms with Crippen LogP contribution >= 0.6 is 0 Å². The van der Waals surface area contributed by atoms with E-state index in [4.69, 9.17) is 0 Å². The zero-order valence-electron chi connectivity index (χ0n) is 21.7. The van der Waals surface area contributed by atoms with E-state index >= 15 is 0 Å². The van der Waals surface area contributed by atoms with Gasteiger partial charge in [0.2, 0.25) is 5.91 Å². The number of amides is 2. The summed E-state index contributed by atoms with van der Waals surface area (Å²) >= 11 is 0. The van der Waals surface area contributed by atoms with Gasteiger partial charge in [0.25, 0.3) is 5.91 Å². The molecule has 202 valence electrons. The lowest BCUT2D eigenvalue weighted by atomic mass is 9.85. The Morgan fingerprint density at radius 2 is 1.81 bits per heavy atom. The van der Waals surface area contributed by atoms with Gasteiger partial charge in [-0.05, 0) is 44.3 Å². The molecule has 8 nitrogen and oxygen atoms in total. The minimum Gasteiger partial charge on any atom is -0.394 e. The molecule has 2 aromatic rings. The summed E-state index contributed by atoms with van der Waals surface area (Å²) in [5, 5.41) is 12.6. The molecule has 0 aliphatic carbocycles. The van der Waals surface area contributed by atoms with Gasteiger partial charge < -0.3 is 24.8 Å². The monoisotopic (exact) mass is 521 g/mol. The van der Waals surface area contributed by atoms with Crippen molar-refractivity contribution in [2.75, 3.05) is 26.7 Å². The summed E-state index contributed by atoms with van der Waals surface area (Å²) in [6.45, 7) is 7.30. The Hall–Kier alpha value is -2.92. The average Bonchev–Trinajstić information content (AvgIpc) is 3.39. The van der Waals surface area contributed by atoms with Crippen LogP contribution in [0.3, 0.4) is 0 Å². The maximum atomic E-state index is 14.7. The summed E-state index contributed by atoms with van der Waals surface area (Å²) in [4.78, 5) is 35.2. The molecule has 3 heterocycles. The normalized spacial score (nSPS) is 19.5. The van der Waals surface area contributed by atoms with Crippen LogP contribution in [0.25, 0.3) is 11.4 Å². The van der Waals surface area contributed by atoms with Crippen LogP contribution in [0, 0.1) is 22.9 Å². The van der Waals surface area contributed by atoms with E-state index < -0.39 is 34.8 Å². The fraction of sp³-hybridized carbons (Fsp3) is 0.577. The molecule has 2 aliphatic heterocycles. The standard InChI is InChI=1S/C26H34F3N5O3/c1-26(2,3)22(25(37)33-9-5-7-15(33)14-35)31-24(36)21-20-13-32(4)8-6-10-34(20)23(30-21)16-11-18(28)19(29)12-17(16)27/h11-12,15,22,35H,5-10,13-14H2,1-4H3,(H,31,36). The Morgan fingerprint density at radius 3 is 2.49 bits per heavy atom. The predicted octanol–water partition coefficient (Wildman–Crippen LogP) is 2.93. The number of fused-ring (bicyclic) bond motifs is 1. The van der Waals surface area contributed by atoms with Crippen LogP contribution in [0.5, 0.6) is 0 Å². The van der Waals surface area contributed by atoms with E-state index in [9.17, 15) is 27.9 Å². The molecule has 4 rings (SSSR count). The predicted molar refractivity (Wildman–Crippen MR) is 131 cm³/mol. The van der Waals surface area contributed by atoms with Crippen molar-refractivity contribution in [2.24, 2.45) is 5.41 Å². The van der Waals surface area contributed by atoms with Crippen LogP contribution in [0.1, 0.15) is 56.2 Å². The molecule has 2 atom stereocenters. The first kappa shape index (κ1) is 27.1. The molecule has 1 saturated heterocycles. The lowest BCUT2D eigenvalue weighted by molar-refractivity contribution is -0.137. The maximum Gasteiger partial charge on any atom is 0.272 e. The molecular formula is C26H34F3N5O3. The number of carbonyl (C=O) groups excluding carboxylic acids is 2. The summed E-state index contributed by atoms with van der Waals surface area (Å²) in [6.07, 6.45) is 2.14. The van der Waals surface area contributed by atoms with E-state index in [0.717, 1.165) is 12.5 Å². The van der Waals surface area contributed by atoms with Crippen LogP contribution < -0.4 is 5.32 Å². The molecule has 2 N–H and O–H groups in total. The van der Waals surface area contributed by atoms with Gasteiger partial charge in [-0.1, -0.05) is 20.8 Å². The van der Waals surface area contributed by atoms with Crippen LogP contribution in [0.4, 0.5) is 13.2 Å². The number of rotatable bonds is 5. The molecule has 0 bridgehead atoms. The quantitative estimate of drug-likeness (QED) is 0.591. The number of halogens is 3. The Balaban J connectivity index is 1.74. The summed E-state index contributed by atoms with van der Waals surface area (Å²) in [5.74, 6) is -4.37. The van der Waals surface area contributed by atoms with Crippen LogP contribution in [0.2, 0.25) is 0 Å². The third-order valence-electron chi connectivity index (χ3n) is 7.14. The van der Waals surface area contributed by atoms with Gasteiger partial charge in [-0.25, -0.2) is 18.2 Å². The first-order valence-electron chi connectivity index (χ1n) is 12.6. The highest BCUT2D eigenvalue weighted by atomic mass is 19.2. The van der Waals surface area contributed by atoms with E-state index in [1.165, 1.54) is 0 Å². The summed E-state index contributed by atoms with van der Waals surface area (Å²) in [5.41, 5.74) is -0.381. The van der Waals surface area contributed by atoms with Crippen LogP contribution in [0.15, 0.2) is 12.1 Å². The van der Waals surface area contributed by atoms with Crippen molar-refractivity contribution in [2.45, 2.75) is 65.2 Å². The van der Waals surface area contributed by atoms with Crippen molar-refractivity contribution in [3.63, 3.8) is 0 Å². The van der Waals surface area contributed by atoms with Gasteiger partial charge in [-0.15, -0.1) is 0 Å². The van der Waals surface area contributed by atoms with Gasteiger partial charge in [0.05, 0.1) is 23.9 Å². The van der Waals surface area contributed by atoms with E-state index in [0.29, 0.717) is 50.8 Å². The smallest absolute Gasteiger partial charge is 0.272 e. The van der Waals surface area contributed by atoms with Crippen molar-refractivity contribution in [1.29, 1.82) is 0 Å². The number of benzene rings is 1. The molecule has 0 saturated carbocycles. The van der Waals surface area contributed by atoms with E-state index in [1.807, 2.05) is 32.7 Å². The Kier molecular flexibility index (Phi) is 7.66. The zero-order chi connectivity index (χ0) is 27.1. The van der Waals surface area contributed by atoms with E-state index in [-0.39, 0.29) is 35.6 Å². The fourth-order valence-corrected chi connectivity index (χ4v) is 5.13. The highest BCUT2D eigenvalue weighted by molar-refractivity contribution is 5.98. The maximum absolute atomic E-state index is 14.7. The molecule has 0 radical (unpaired) electrons. The molecule has 2 amide bonds. The first-order valence-corrected chi connectivity index (χ1v) is 12.6. The number of likely N-dealkylation sites (tertiary alicyclic amines) is 1. The fourth-order valence-electron chi connectivity index (χ4n) is 5.13. The van der Waals surface area contributed by atoms with Crippen molar-refractivity contribution in [3.05, 3.63) is 41.0 Å². The van der Waals surface area contributed by atoms with Gasteiger partial charge in [0.1, 0.15) is 17.7 Å². The third kappa shape index (κ3) is 5.38. The zero-order valence-corrected chi connectivity index (χ0v) is 21.7. The molecule has 2 aliphatic rings. The largest absolute Gasteiger partial charge is 0.394 e. The second-order valence-corrected chi connectivity index (χ2v) is 11.0. The lowest BCUT2D eigenvalue weighted by Gasteiger charge is -2.35. The number of hydrogen-bond donors (Lipinski definition) is 2. The number of hydrogen-bond acceptors (Lipinski definition) is 5. The number of aliphatic hydroxyl groups is 1. The molecule has 1 aromatic carbocycles. The van der Waals surface area contributed by atoms with E-state index in [2.05, 4.69) is 10.3 Å². The Bertz CT molecular complexity index is 1190. The van der Waals surface area contributed by atoms with Crippen LogP contribution in [-0.2, 0) is 17.9 Å². The first-order chi connectivity index (χ1) is 17.4. The summed E-state index contributed by atoms with van der Waals surface area (Å²) in [6, 6.07) is 0.0169. The van der Waals surface area contributed by atoms with Crippen molar-refractivity contribution in [1.82, 2.24) is 24.7 Å².